The molecule has 0 aliphatic rings. The van der Waals surface area contributed by atoms with E-state index in [2.05, 4.69) is 10.6 Å². The molecule has 0 saturated heterocycles. The van der Waals surface area contributed by atoms with Gasteiger partial charge in [-0.3, -0.25) is 4.79 Å². The molecule has 21 heavy (non-hydrogen) atoms. The van der Waals surface area contributed by atoms with E-state index < -0.39 is 29.3 Å². The van der Waals surface area contributed by atoms with Gasteiger partial charge in [-0.05, 0) is 23.6 Å². The molecule has 0 spiro atoms. The highest BCUT2D eigenvalue weighted by Gasteiger charge is 2.28. The molecule has 0 aromatic heterocycles. The lowest BCUT2D eigenvalue weighted by atomic mass is 9.85. The van der Waals surface area contributed by atoms with Gasteiger partial charge in [-0.25, -0.2) is 9.18 Å². The van der Waals surface area contributed by atoms with Crippen molar-refractivity contribution in [3.63, 3.8) is 0 Å². The van der Waals surface area contributed by atoms with Crippen molar-refractivity contribution in [1.82, 2.24) is 5.32 Å². The summed E-state index contributed by atoms with van der Waals surface area (Å²) in [6, 6.07) is 2.66. The number of hydrogen-bond donors (Lipinski definition) is 3. The van der Waals surface area contributed by atoms with Crippen molar-refractivity contribution in [2.24, 2.45) is 5.41 Å². The van der Waals surface area contributed by atoms with Crippen molar-refractivity contribution in [1.29, 1.82) is 0 Å². The number of anilines is 1. The molecule has 116 valence electrons. The van der Waals surface area contributed by atoms with Gasteiger partial charge in [-0.15, -0.1) is 0 Å². The van der Waals surface area contributed by atoms with Crippen LogP contribution in [-0.2, 0) is 4.79 Å². The van der Waals surface area contributed by atoms with Crippen LogP contribution in [0.15, 0.2) is 18.2 Å². The van der Waals surface area contributed by atoms with Gasteiger partial charge >= 0.3 is 12.0 Å². The smallest absolute Gasteiger partial charge is 0.319 e. The van der Waals surface area contributed by atoms with E-state index in [0.717, 1.165) is 6.07 Å². The predicted molar refractivity (Wildman–Crippen MR) is 79.1 cm³/mol. The Bertz CT molecular complexity index is 544. The Morgan fingerprint density at radius 2 is 2.00 bits per heavy atom. The minimum absolute atomic E-state index is 0.106. The SMILES string of the molecule is CC(C)(C)C(CC(=O)O)NC(=O)Nc1ccc(F)c(Cl)c1. The van der Waals surface area contributed by atoms with E-state index in [1.54, 1.807) is 0 Å². The van der Waals surface area contributed by atoms with Crippen molar-refractivity contribution in [3.05, 3.63) is 29.0 Å². The van der Waals surface area contributed by atoms with E-state index in [-0.39, 0.29) is 11.4 Å². The number of nitrogens with one attached hydrogen (secondary N) is 2. The summed E-state index contributed by atoms with van der Waals surface area (Å²) in [5, 5.41) is 13.9. The molecule has 0 saturated carbocycles. The third kappa shape index (κ3) is 5.59. The van der Waals surface area contributed by atoms with Gasteiger partial charge in [0.15, 0.2) is 0 Å². The zero-order chi connectivity index (χ0) is 16.2. The summed E-state index contributed by atoms with van der Waals surface area (Å²) >= 11 is 5.62. The zero-order valence-corrected chi connectivity index (χ0v) is 12.8. The molecule has 5 nitrogen and oxygen atoms in total. The van der Waals surface area contributed by atoms with Crippen LogP contribution in [0.5, 0.6) is 0 Å². The minimum atomic E-state index is -1.000. The van der Waals surface area contributed by atoms with Gasteiger partial charge in [0.2, 0.25) is 0 Å². The fraction of sp³-hybridized carbons (Fsp3) is 0.429. The van der Waals surface area contributed by atoms with E-state index in [9.17, 15) is 14.0 Å². The predicted octanol–water partition coefficient (Wildman–Crippen LogP) is 3.49. The van der Waals surface area contributed by atoms with Gasteiger partial charge in [0.25, 0.3) is 0 Å². The van der Waals surface area contributed by atoms with Gasteiger partial charge < -0.3 is 15.7 Å². The summed E-state index contributed by atoms with van der Waals surface area (Å²) in [5.74, 6) is -1.58. The molecule has 0 heterocycles. The fourth-order valence-electron chi connectivity index (χ4n) is 1.65. The van der Waals surface area contributed by atoms with Gasteiger partial charge in [-0.1, -0.05) is 32.4 Å². The second-order valence-corrected chi connectivity index (χ2v) is 6.15. The summed E-state index contributed by atoms with van der Waals surface area (Å²) in [6.07, 6.45) is -0.193. The molecule has 1 rings (SSSR count). The molecule has 0 radical (unpaired) electrons. The number of amides is 2. The van der Waals surface area contributed by atoms with Crippen molar-refractivity contribution in [3.8, 4) is 0 Å². The molecule has 3 N–H and O–H groups in total. The van der Waals surface area contributed by atoms with Crippen molar-refractivity contribution >= 4 is 29.3 Å². The van der Waals surface area contributed by atoms with Gasteiger partial charge in [0, 0.05) is 11.7 Å². The third-order valence-electron chi connectivity index (χ3n) is 2.91. The molecule has 2 amide bonds. The summed E-state index contributed by atoms with van der Waals surface area (Å²) in [6.45, 7) is 5.49. The van der Waals surface area contributed by atoms with E-state index in [1.807, 2.05) is 20.8 Å². The van der Waals surface area contributed by atoms with E-state index in [1.165, 1.54) is 12.1 Å². The fourth-order valence-corrected chi connectivity index (χ4v) is 1.83. The zero-order valence-electron chi connectivity index (χ0n) is 12.0. The van der Waals surface area contributed by atoms with Crippen LogP contribution in [-0.4, -0.2) is 23.1 Å². The van der Waals surface area contributed by atoms with Gasteiger partial charge in [-0.2, -0.15) is 0 Å². The van der Waals surface area contributed by atoms with Crippen molar-refractivity contribution < 1.29 is 19.1 Å². The van der Waals surface area contributed by atoms with E-state index in [0.29, 0.717) is 5.69 Å². The number of carbonyl (C=O) groups excluding carboxylic acids is 1. The molecule has 1 atom stereocenters. The minimum Gasteiger partial charge on any atom is -0.481 e. The topological polar surface area (TPSA) is 78.4 Å². The summed E-state index contributed by atoms with van der Waals surface area (Å²) in [5.41, 5.74) is -0.0993. The van der Waals surface area contributed by atoms with Crippen LogP contribution in [0.3, 0.4) is 0 Å². The lowest BCUT2D eigenvalue weighted by Gasteiger charge is -2.30. The lowest BCUT2D eigenvalue weighted by Crippen LogP contribution is -2.46. The number of halogens is 2. The van der Waals surface area contributed by atoms with Crippen LogP contribution in [0.25, 0.3) is 0 Å². The first kappa shape index (κ1) is 17.2. The quantitative estimate of drug-likeness (QED) is 0.795. The average Bonchev–Trinajstić information content (AvgIpc) is 2.31. The van der Waals surface area contributed by atoms with Crippen LogP contribution in [0.4, 0.5) is 14.9 Å². The highest BCUT2D eigenvalue weighted by atomic mass is 35.5. The maximum absolute atomic E-state index is 13.0. The largest absolute Gasteiger partial charge is 0.481 e. The standard InChI is InChI=1S/C14H18ClFN2O3/c1-14(2,3)11(7-12(19)20)18-13(21)17-8-4-5-10(16)9(15)6-8/h4-6,11H,7H2,1-3H3,(H,19,20)(H2,17,18,21). The molecule has 1 unspecified atom stereocenters. The normalized spacial score (nSPS) is 12.6. The van der Waals surface area contributed by atoms with Crippen LogP contribution in [0, 0.1) is 11.2 Å². The molecule has 0 aliphatic carbocycles. The van der Waals surface area contributed by atoms with Gasteiger partial charge in [0.05, 0.1) is 11.4 Å². The summed E-state index contributed by atoms with van der Waals surface area (Å²) in [4.78, 5) is 22.7. The van der Waals surface area contributed by atoms with Gasteiger partial charge in [0.1, 0.15) is 5.82 Å². The van der Waals surface area contributed by atoms with Crippen LogP contribution < -0.4 is 10.6 Å². The van der Waals surface area contributed by atoms with Crippen molar-refractivity contribution in [2.75, 3.05) is 5.32 Å². The number of rotatable bonds is 4. The highest BCUT2D eigenvalue weighted by molar-refractivity contribution is 6.31. The monoisotopic (exact) mass is 316 g/mol. The molecule has 0 fully saturated rings. The highest BCUT2D eigenvalue weighted by Crippen LogP contribution is 2.23. The lowest BCUT2D eigenvalue weighted by molar-refractivity contribution is -0.138. The second kappa shape index (κ2) is 6.76. The first-order valence-corrected chi connectivity index (χ1v) is 6.71. The molecular formula is C14H18ClFN2O3. The number of carbonyl (C=O) groups is 2. The number of carboxylic acids is 1. The summed E-state index contributed by atoms with van der Waals surface area (Å²) < 4.78 is 13.0. The second-order valence-electron chi connectivity index (χ2n) is 5.74. The number of hydrogen-bond acceptors (Lipinski definition) is 2. The maximum atomic E-state index is 13.0. The first-order valence-electron chi connectivity index (χ1n) is 6.34. The molecule has 0 aliphatic heterocycles. The molecule has 0 bridgehead atoms. The Kier molecular flexibility index (Phi) is 5.54. The van der Waals surface area contributed by atoms with Crippen LogP contribution in [0.1, 0.15) is 27.2 Å². The van der Waals surface area contributed by atoms with Crippen molar-refractivity contribution in [2.45, 2.75) is 33.2 Å². The third-order valence-corrected chi connectivity index (χ3v) is 3.20. The summed E-state index contributed by atoms with van der Waals surface area (Å²) in [7, 11) is 0. The Hall–Kier alpha value is -1.82. The number of carboxylic acid groups (broad SMARTS) is 1. The number of benzene rings is 1. The maximum Gasteiger partial charge on any atom is 0.319 e. The molecule has 7 heteroatoms. The Morgan fingerprint density at radius 1 is 1.38 bits per heavy atom. The molecule has 1 aromatic rings. The van der Waals surface area contributed by atoms with E-state index in [4.69, 9.17) is 16.7 Å². The number of aliphatic carboxylic acids is 1. The van der Waals surface area contributed by atoms with Crippen LogP contribution in [0.2, 0.25) is 5.02 Å². The Morgan fingerprint density at radius 3 is 2.48 bits per heavy atom. The Labute approximate surface area is 127 Å². The van der Waals surface area contributed by atoms with Crippen LogP contribution >= 0.6 is 11.6 Å². The molecule has 1 aromatic carbocycles. The molecular weight excluding hydrogens is 299 g/mol. The first-order chi connectivity index (χ1) is 9.59. The average molecular weight is 317 g/mol. The van der Waals surface area contributed by atoms with E-state index >= 15 is 0 Å². The number of urea groups is 1. The Balaban J connectivity index is 2.73.